The van der Waals surface area contributed by atoms with Crippen molar-refractivity contribution in [2.24, 2.45) is 0 Å². The molecule has 0 bridgehead atoms. The van der Waals surface area contributed by atoms with Crippen molar-refractivity contribution >= 4 is 11.6 Å². The summed E-state index contributed by atoms with van der Waals surface area (Å²) in [7, 11) is 1.65. The van der Waals surface area contributed by atoms with E-state index in [0.29, 0.717) is 11.0 Å². The van der Waals surface area contributed by atoms with Crippen LogP contribution in [0.25, 0.3) is 11.4 Å². The summed E-state index contributed by atoms with van der Waals surface area (Å²) in [6, 6.07) is 7.75. The molecule has 0 saturated carbocycles. The van der Waals surface area contributed by atoms with E-state index in [1.54, 1.807) is 7.11 Å². The van der Waals surface area contributed by atoms with Gasteiger partial charge in [0.1, 0.15) is 10.9 Å². The Labute approximate surface area is 117 Å². The van der Waals surface area contributed by atoms with E-state index in [-0.39, 0.29) is 0 Å². The van der Waals surface area contributed by atoms with Crippen LogP contribution in [0.4, 0.5) is 0 Å². The average Bonchev–Trinajstić information content (AvgIpc) is 2.47. The van der Waals surface area contributed by atoms with E-state index < -0.39 is 0 Å². The van der Waals surface area contributed by atoms with E-state index in [9.17, 15) is 0 Å². The highest BCUT2D eigenvalue weighted by atomic mass is 35.5. The number of benzene rings is 1. The molecule has 98 valence electrons. The van der Waals surface area contributed by atoms with Gasteiger partial charge in [-0.25, -0.2) is 9.97 Å². The number of rotatable bonds is 2. The number of hydrogen-bond acceptors (Lipinski definition) is 3. The molecule has 19 heavy (non-hydrogen) atoms. The third kappa shape index (κ3) is 2.30. The van der Waals surface area contributed by atoms with Gasteiger partial charge in [0.2, 0.25) is 0 Å². The molecule has 4 heteroatoms. The molecule has 0 aliphatic heterocycles. The monoisotopic (exact) mass is 274 g/mol. The molecular weight excluding hydrogens is 260 g/mol. The minimum absolute atomic E-state index is 0.589. The number of para-hydroxylation sites is 1. The van der Waals surface area contributed by atoms with E-state index in [1.165, 1.54) is 12.8 Å². The molecule has 1 aromatic carbocycles. The van der Waals surface area contributed by atoms with Gasteiger partial charge >= 0.3 is 0 Å². The lowest BCUT2D eigenvalue weighted by Crippen LogP contribution is -2.09. The largest absolute Gasteiger partial charge is 0.496 e. The number of halogens is 1. The maximum atomic E-state index is 6.30. The summed E-state index contributed by atoms with van der Waals surface area (Å²) in [6.07, 6.45) is 4.32. The van der Waals surface area contributed by atoms with E-state index in [2.05, 4.69) is 9.97 Å². The van der Waals surface area contributed by atoms with Crippen molar-refractivity contribution in [3.63, 3.8) is 0 Å². The lowest BCUT2D eigenvalue weighted by Gasteiger charge is -2.17. The topological polar surface area (TPSA) is 35.0 Å². The van der Waals surface area contributed by atoms with Crippen LogP contribution < -0.4 is 4.74 Å². The SMILES string of the molecule is COc1ccccc1-c1nc(Cl)c2c(n1)CCCC2. The first kappa shape index (κ1) is 12.4. The van der Waals surface area contributed by atoms with Gasteiger partial charge in [-0.05, 0) is 37.8 Å². The zero-order chi connectivity index (χ0) is 13.2. The maximum absolute atomic E-state index is 6.30. The van der Waals surface area contributed by atoms with Gasteiger partial charge in [-0.15, -0.1) is 0 Å². The molecule has 2 aromatic rings. The van der Waals surface area contributed by atoms with Crippen LogP contribution in [0.15, 0.2) is 24.3 Å². The van der Waals surface area contributed by atoms with E-state index >= 15 is 0 Å². The lowest BCUT2D eigenvalue weighted by atomic mass is 9.97. The summed E-state index contributed by atoms with van der Waals surface area (Å²) in [6.45, 7) is 0. The number of nitrogens with zero attached hydrogens (tertiary/aromatic N) is 2. The van der Waals surface area contributed by atoms with Crippen LogP contribution in [-0.4, -0.2) is 17.1 Å². The highest BCUT2D eigenvalue weighted by Gasteiger charge is 2.18. The molecule has 0 spiro atoms. The van der Waals surface area contributed by atoms with Gasteiger partial charge in [0.25, 0.3) is 0 Å². The molecule has 0 atom stereocenters. The maximum Gasteiger partial charge on any atom is 0.164 e. The van der Waals surface area contributed by atoms with Crippen molar-refractivity contribution in [3.8, 4) is 17.1 Å². The van der Waals surface area contributed by atoms with Gasteiger partial charge in [-0.3, -0.25) is 0 Å². The van der Waals surface area contributed by atoms with Gasteiger partial charge in [0, 0.05) is 11.3 Å². The van der Waals surface area contributed by atoms with Crippen molar-refractivity contribution in [1.82, 2.24) is 9.97 Å². The molecule has 0 unspecified atom stereocenters. The summed E-state index contributed by atoms with van der Waals surface area (Å²) in [5, 5.41) is 0.589. The second-order valence-corrected chi connectivity index (χ2v) is 5.03. The summed E-state index contributed by atoms with van der Waals surface area (Å²) < 4.78 is 5.36. The van der Waals surface area contributed by atoms with Crippen molar-refractivity contribution in [3.05, 3.63) is 40.7 Å². The highest BCUT2D eigenvalue weighted by molar-refractivity contribution is 6.30. The summed E-state index contributed by atoms with van der Waals surface area (Å²) in [5.74, 6) is 1.43. The second kappa shape index (κ2) is 5.17. The zero-order valence-corrected chi connectivity index (χ0v) is 11.6. The Morgan fingerprint density at radius 3 is 2.74 bits per heavy atom. The molecule has 1 aliphatic carbocycles. The third-order valence-corrected chi connectivity index (χ3v) is 3.79. The summed E-state index contributed by atoms with van der Waals surface area (Å²) >= 11 is 6.30. The molecule has 3 nitrogen and oxygen atoms in total. The van der Waals surface area contributed by atoms with E-state index in [4.69, 9.17) is 16.3 Å². The van der Waals surface area contributed by atoms with Crippen molar-refractivity contribution in [2.75, 3.05) is 7.11 Å². The van der Waals surface area contributed by atoms with Crippen molar-refractivity contribution in [1.29, 1.82) is 0 Å². The molecule has 1 heterocycles. The van der Waals surface area contributed by atoms with Gasteiger partial charge in [-0.1, -0.05) is 23.7 Å². The van der Waals surface area contributed by atoms with E-state index in [1.807, 2.05) is 24.3 Å². The van der Waals surface area contributed by atoms with Gasteiger partial charge in [0.05, 0.1) is 12.7 Å². The minimum atomic E-state index is 0.589. The Balaban J connectivity index is 2.13. The lowest BCUT2D eigenvalue weighted by molar-refractivity contribution is 0.416. The Bertz CT molecular complexity index is 613. The van der Waals surface area contributed by atoms with Gasteiger partial charge in [0.15, 0.2) is 5.82 Å². The molecule has 0 fully saturated rings. The molecule has 0 saturated heterocycles. The first-order valence-corrected chi connectivity index (χ1v) is 6.86. The van der Waals surface area contributed by atoms with Crippen molar-refractivity contribution in [2.45, 2.75) is 25.7 Å². The Hall–Kier alpha value is -1.61. The van der Waals surface area contributed by atoms with Crippen molar-refractivity contribution < 1.29 is 4.74 Å². The molecule has 0 N–H and O–H groups in total. The number of aryl methyl sites for hydroxylation is 1. The van der Waals surface area contributed by atoms with Crippen LogP contribution in [0, 0.1) is 0 Å². The van der Waals surface area contributed by atoms with Crippen LogP contribution in [0.3, 0.4) is 0 Å². The number of methoxy groups -OCH3 is 1. The normalized spacial score (nSPS) is 14.0. The minimum Gasteiger partial charge on any atom is -0.496 e. The molecule has 0 amide bonds. The number of ether oxygens (including phenoxy) is 1. The number of aromatic nitrogens is 2. The predicted octanol–water partition coefficient (Wildman–Crippen LogP) is 3.68. The summed E-state index contributed by atoms with van der Waals surface area (Å²) in [5.41, 5.74) is 3.10. The predicted molar refractivity (Wildman–Crippen MR) is 75.7 cm³/mol. The quantitative estimate of drug-likeness (QED) is 0.784. The second-order valence-electron chi connectivity index (χ2n) is 4.67. The smallest absolute Gasteiger partial charge is 0.164 e. The fraction of sp³-hybridized carbons (Fsp3) is 0.333. The third-order valence-electron chi connectivity index (χ3n) is 3.48. The molecule has 1 aliphatic rings. The van der Waals surface area contributed by atoms with E-state index in [0.717, 1.165) is 35.4 Å². The number of fused-ring (bicyclic) bond motifs is 1. The molecule has 0 radical (unpaired) electrons. The zero-order valence-electron chi connectivity index (χ0n) is 10.8. The Morgan fingerprint density at radius 2 is 1.89 bits per heavy atom. The van der Waals surface area contributed by atoms with Crippen LogP contribution >= 0.6 is 11.6 Å². The fourth-order valence-electron chi connectivity index (χ4n) is 2.50. The highest BCUT2D eigenvalue weighted by Crippen LogP contribution is 2.31. The van der Waals surface area contributed by atoms with Gasteiger partial charge in [-0.2, -0.15) is 0 Å². The standard InChI is InChI=1S/C15H15ClN2O/c1-19-13-9-5-3-7-11(13)15-17-12-8-4-2-6-10(12)14(16)18-15/h3,5,7,9H,2,4,6,8H2,1H3. The first-order chi connectivity index (χ1) is 9.29. The average molecular weight is 275 g/mol. The number of hydrogen-bond donors (Lipinski definition) is 0. The Morgan fingerprint density at radius 1 is 1.11 bits per heavy atom. The first-order valence-electron chi connectivity index (χ1n) is 6.48. The van der Waals surface area contributed by atoms with Gasteiger partial charge < -0.3 is 4.74 Å². The van der Waals surface area contributed by atoms with Crippen LogP contribution in [-0.2, 0) is 12.8 Å². The molecular formula is C15H15ClN2O. The van der Waals surface area contributed by atoms with Crippen LogP contribution in [0.1, 0.15) is 24.1 Å². The molecule has 3 rings (SSSR count). The van der Waals surface area contributed by atoms with Crippen LogP contribution in [0.2, 0.25) is 5.15 Å². The summed E-state index contributed by atoms with van der Waals surface area (Å²) in [4.78, 5) is 9.12. The molecule has 1 aromatic heterocycles. The Kier molecular flexibility index (Phi) is 3.38. The van der Waals surface area contributed by atoms with Crippen LogP contribution in [0.5, 0.6) is 5.75 Å². The fourth-order valence-corrected chi connectivity index (χ4v) is 2.78.